The zero-order chi connectivity index (χ0) is 11.4. The molecule has 0 aromatic carbocycles. The molecule has 2 heterocycles. The molecule has 2 aromatic rings. The summed E-state index contributed by atoms with van der Waals surface area (Å²) < 4.78 is 2.84. The van der Waals surface area contributed by atoms with Crippen LogP contribution in [0.15, 0.2) is 17.5 Å². The Morgan fingerprint density at radius 2 is 2.18 bits per heavy atom. The molecule has 0 spiro atoms. The molecule has 1 nitrogen and oxygen atoms in total. The van der Waals surface area contributed by atoms with Gasteiger partial charge in [0.2, 0.25) is 0 Å². The molecule has 90 valence electrons. The third-order valence-electron chi connectivity index (χ3n) is 4.74. The molecule has 0 saturated heterocycles. The van der Waals surface area contributed by atoms with Crippen LogP contribution in [0.1, 0.15) is 36.6 Å². The molecule has 2 fully saturated rings. The van der Waals surface area contributed by atoms with Crippen LogP contribution < -0.4 is 5.73 Å². The van der Waals surface area contributed by atoms with Gasteiger partial charge in [0.25, 0.3) is 0 Å². The molecular formula is C14H17NS2. The number of nitrogens with two attached hydrogens (primary N) is 1. The summed E-state index contributed by atoms with van der Waals surface area (Å²) in [4.78, 5) is 1.42. The van der Waals surface area contributed by atoms with Crippen molar-refractivity contribution in [2.75, 3.05) is 0 Å². The molecule has 2 aromatic heterocycles. The normalized spacial score (nSPS) is 33.6. The summed E-state index contributed by atoms with van der Waals surface area (Å²) in [6, 6.07) is 4.86. The maximum absolute atomic E-state index is 6.52. The SMILES string of the molecule is NC(c1cc2sccc2s1)C1CC2CCC1C2. The van der Waals surface area contributed by atoms with Crippen LogP contribution in [0.2, 0.25) is 0 Å². The van der Waals surface area contributed by atoms with Gasteiger partial charge in [0, 0.05) is 20.3 Å². The van der Waals surface area contributed by atoms with Crippen LogP contribution in [0.3, 0.4) is 0 Å². The molecule has 2 aliphatic carbocycles. The summed E-state index contributed by atoms with van der Waals surface area (Å²) in [6.07, 6.45) is 5.74. The molecule has 0 amide bonds. The van der Waals surface area contributed by atoms with Crippen molar-refractivity contribution in [3.8, 4) is 0 Å². The smallest absolute Gasteiger partial charge is 0.0454 e. The van der Waals surface area contributed by atoms with Gasteiger partial charge >= 0.3 is 0 Å². The lowest BCUT2D eigenvalue weighted by molar-refractivity contribution is 0.287. The Balaban J connectivity index is 1.64. The highest BCUT2D eigenvalue weighted by atomic mass is 32.1. The van der Waals surface area contributed by atoms with E-state index < -0.39 is 0 Å². The third kappa shape index (κ3) is 1.60. The minimum absolute atomic E-state index is 0.301. The summed E-state index contributed by atoms with van der Waals surface area (Å²) in [6.45, 7) is 0. The van der Waals surface area contributed by atoms with E-state index in [9.17, 15) is 0 Å². The fraction of sp³-hybridized carbons (Fsp3) is 0.571. The van der Waals surface area contributed by atoms with E-state index in [2.05, 4.69) is 17.5 Å². The van der Waals surface area contributed by atoms with Crippen molar-refractivity contribution >= 4 is 32.1 Å². The summed E-state index contributed by atoms with van der Waals surface area (Å²) in [5.74, 6) is 2.69. The molecular weight excluding hydrogens is 246 g/mol. The molecule has 0 aliphatic heterocycles. The minimum atomic E-state index is 0.301. The van der Waals surface area contributed by atoms with Crippen molar-refractivity contribution in [1.29, 1.82) is 0 Å². The van der Waals surface area contributed by atoms with Gasteiger partial charge in [0.15, 0.2) is 0 Å². The Bertz CT molecular complexity index is 513. The van der Waals surface area contributed by atoms with E-state index in [0.29, 0.717) is 6.04 Å². The zero-order valence-electron chi connectivity index (χ0n) is 9.76. The van der Waals surface area contributed by atoms with Crippen LogP contribution >= 0.6 is 22.7 Å². The summed E-state index contributed by atoms with van der Waals surface area (Å²) in [5.41, 5.74) is 6.52. The minimum Gasteiger partial charge on any atom is -0.323 e. The Labute approximate surface area is 110 Å². The molecule has 4 unspecified atom stereocenters. The lowest BCUT2D eigenvalue weighted by Gasteiger charge is -2.26. The highest BCUT2D eigenvalue weighted by molar-refractivity contribution is 7.26. The van der Waals surface area contributed by atoms with Gasteiger partial charge in [-0.1, -0.05) is 6.42 Å². The second-order valence-electron chi connectivity index (χ2n) is 5.66. The Kier molecular flexibility index (Phi) is 2.36. The largest absolute Gasteiger partial charge is 0.323 e. The summed E-state index contributed by atoms with van der Waals surface area (Å²) >= 11 is 3.75. The lowest BCUT2D eigenvalue weighted by atomic mass is 9.83. The van der Waals surface area contributed by atoms with Gasteiger partial charge in [-0.15, -0.1) is 22.7 Å². The van der Waals surface area contributed by atoms with Crippen LogP contribution in [-0.4, -0.2) is 0 Å². The maximum atomic E-state index is 6.52. The first-order chi connectivity index (χ1) is 8.31. The summed E-state index contributed by atoms with van der Waals surface area (Å²) in [5, 5.41) is 2.17. The predicted octanol–water partition coefficient (Wildman–Crippen LogP) is 4.40. The molecule has 2 bridgehead atoms. The van der Waals surface area contributed by atoms with Crippen LogP contribution in [0.25, 0.3) is 9.40 Å². The third-order valence-corrected chi connectivity index (χ3v) is 6.94. The Morgan fingerprint density at radius 1 is 1.24 bits per heavy atom. The monoisotopic (exact) mass is 263 g/mol. The van der Waals surface area contributed by atoms with Gasteiger partial charge in [-0.2, -0.15) is 0 Å². The van der Waals surface area contributed by atoms with Crippen molar-refractivity contribution < 1.29 is 0 Å². The van der Waals surface area contributed by atoms with Crippen LogP contribution in [0.4, 0.5) is 0 Å². The Morgan fingerprint density at radius 3 is 2.88 bits per heavy atom. The Hall–Kier alpha value is -0.380. The van der Waals surface area contributed by atoms with E-state index in [1.54, 1.807) is 0 Å². The first kappa shape index (κ1) is 10.5. The van der Waals surface area contributed by atoms with Crippen molar-refractivity contribution in [2.24, 2.45) is 23.5 Å². The number of thiophene rings is 2. The van der Waals surface area contributed by atoms with E-state index >= 15 is 0 Å². The van der Waals surface area contributed by atoms with Crippen molar-refractivity contribution in [2.45, 2.75) is 31.7 Å². The number of hydrogen-bond acceptors (Lipinski definition) is 3. The molecule has 17 heavy (non-hydrogen) atoms. The van der Waals surface area contributed by atoms with Gasteiger partial charge in [-0.05, 0) is 54.5 Å². The molecule has 2 aliphatic rings. The van der Waals surface area contributed by atoms with Crippen LogP contribution in [0.5, 0.6) is 0 Å². The topological polar surface area (TPSA) is 26.0 Å². The van der Waals surface area contributed by atoms with Crippen molar-refractivity contribution in [3.05, 3.63) is 22.4 Å². The second kappa shape index (κ2) is 3.81. The van der Waals surface area contributed by atoms with Gasteiger partial charge in [-0.3, -0.25) is 0 Å². The van der Waals surface area contributed by atoms with E-state index in [0.717, 1.165) is 17.8 Å². The first-order valence-corrected chi connectivity index (χ1v) is 8.23. The summed E-state index contributed by atoms with van der Waals surface area (Å²) in [7, 11) is 0. The second-order valence-corrected chi connectivity index (χ2v) is 7.73. The highest BCUT2D eigenvalue weighted by Gasteiger charge is 2.42. The molecule has 4 rings (SSSR count). The van der Waals surface area contributed by atoms with Crippen LogP contribution in [-0.2, 0) is 0 Å². The van der Waals surface area contributed by atoms with Gasteiger partial charge < -0.3 is 5.73 Å². The fourth-order valence-electron chi connectivity index (χ4n) is 3.89. The molecule has 0 radical (unpaired) electrons. The van der Waals surface area contributed by atoms with E-state index in [-0.39, 0.29) is 0 Å². The highest BCUT2D eigenvalue weighted by Crippen LogP contribution is 2.52. The van der Waals surface area contributed by atoms with E-state index in [1.807, 2.05) is 22.7 Å². The first-order valence-electron chi connectivity index (χ1n) is 6.54. The fourth-order valence-corrected chi connectivity index (χ4v) is 6.09. The van der Waals surface area contributed by atoms with E-state index in [1.165, 1.54) is 40.0 Å². The molecule has 2 N–H and O–H groups in total. The maximum Gasteiger partial charge on any atom is 0.0454 e. The lowest BCUT2D eigenvalue weighted by Crippen LogP contribution is -2.25. The number of rotatable bonds is 2. The zero-order valence-corrected chi connectivity index (χ0v) is 11.4. The van der Waals surface area contributed by atoms with Crippen molar-refractivity contribution in [1.82, 2.24) is 0 Å². The van der Waals surface area contributed by atoms with Gasteiger partial charge in [-0.25, -0.2) is 0 Å². The number of fused-ring (bicyclic) bond motifs is 3. The standard InChI is InChI=1S/C14H17NS2/c15-14(10-6-8-1-2-9(10)5-8)13-7-12-11(17-13)3-4-16-12/h3-4,7-10,14H,1-2,5-6,15H2. The van der Waals surface area contributed by atoms with Gasteiger partial charge in [0.05, 0.1) is 0 Å². The van der Waals surface area contributed by atoms with Crippen LogP contribution in [0, 0.1) is 17.8 Å². The molecule has 2 saturated carbocycles. The number of hydrogen-bond donors (Lipinski definition) is 1. The molecule has 4 atom stereocenters. The quantitative estimate of drug-likeness (QED) is 0.854. The van der Waals surface area contributed by atoms with Crippen molar-refractivity contribution in [3.63, 3.8) is 0 Å². The molecule has 3 heteroatoms. The average Bonchev–Trinajstić information content (AvgIpc) is 3.06. The predicted molar refractivity (Wildman–Crippen MR) is 75.6 cm³/mol. The van der Waals surface area contributed by atoms with Gasteiger partial charge in [0.1, 0.15) is 0 Å². The van der Waals surface area contributed by atoms with E-state index in [4.69, 9.17) is 5.73 Å². The average molecular weight is 263 g/mol.